The van der Waals surface area contributed by atoms with E-state index in [4.69, 9.17) is 0 Å². The van der Waals surface area contributed by atoms with E-state index < -0.39 is 0 Å². The van der Waals surface area contributed by atoms with Crippen molar-refractivity contribution in [2.24, 2.45) is 0 Å². The van der Waals surface area contributed by atoms with Crippen LogP contribution in [-0.4, -0.2) is 0 Å². The molecule has 31 heavy (non-hydrogen) atoms. The van der Waals surface area contributed by atoms with Gasteiger partial charge < -0.3 is 0 Å². The van der Waals surface area contributed by atoms with Crippen LogP contribution < -0.4 is 0 Å². The third-order valence-corrected chi connectivity index (χ3v) is 7.83. The maximum absolute atomic E-state index is 2.53. The zero-order valence-electron chi connectivity index (χ0n) is 19.0. The molecule has 2 aliphatic rings. The van der Waals surface area contributed by atoms with Crippen molar-refractivity contribution in [3.63, 3.8) is 0 Å². The molecule has 2 aliphatic carbocycles. The first-order chi connectivity index (χ1) is 15.0. The first-order valence-corrected chi connectivity index (χ1v) is 11.8. The lowest BCUT2D eigenvalue weighted by atomic mass is 9.72. The smallest absolute Gasteiger partial charge is 0.0469 e. The molecule has 0 N–H and O–H groups in total. The second-order valence-electron chi connectivity index (χ2n) is 10.2. The summed E-state index contributed by atoms with van der Waals surface area (Å²) in [6.45, 7) is 9.24. The number of benzene rings is 4. The van der Waals surface area contributed by atoms with Crippen LogP contribution in [-0.2, 0) is 11.8 Å². The van der Waals surface area contributed by atoms with E-state index >= 15 is 0 Å². The van der Waals surface area contributed by atoms with Crippen LogP contribution in [0.1, 0.15) is 79.3 Å². The van der Waals surface area contributed by atoms with Gasteiger partial charge in [-0.2, -0.15) is 0 Å². The number of hydrogen-bond donors (Lipinski definition) is 0. The van der Waals surface area contributed by atoms with Gasteiger partial charge in [0.2, 0.25) is 0 Å². The van der Waals surface area contributed by atoms with Gasteiger partial charge in [0, 0.05) is 5.41 Å². The quantitative estimate of drug-likeness (QED) is 0.316. The second-order valence-corrected chi connectivity index (χ2v) is 10.2. The standard InChI is InChI=1S/C31H30/c1-19(2)21-9-11-26-27-12-10-22(20(3)4)17-30(27)31(29(26)16-21)14-13-25-15-23-7-5-6-8-24(23)18-28(25)31/h5-12,15-20H,13-14H2,1-4H3. The SMILES string of the molecule is CC(C)c1ccc2c(c1)C1(CCc3cc4ccccc4cc31)c1cc(C(C)C)ccc1-2. The van der Waals surface area contributed by atoms with Gasteiger partial charge in [0.05, 0.1) is 0 Å². The van der Waals surface area contributed by atoms with Crippen LogP contribution in [0.3, 0.4) is 0 Å². The summed E-state index contributed by atoms with van der Waals surface area (Å²) in [4.78, 5) is 0. The van der Waals surface area contributed by atoms with Crippen molar-refractivity contribution in [1.82, 2.24) is 0 Å². The van der Waals surface area contributed by atoms with Crippen molar-refractivity contribution < 1.29 is 0 Å². The summed E-state index contributed by atoms with van der Waals surface area (Å²) < 4.78 is 0. The molecule has 0 heteroatoms. The van der Waals surface area contributed by atoms with Gasteiger partial charge in [-0.1, -0.05) is 94.4 Å². The van der Waals surface area contributed by atoms with Crippen molar-refractivity contribution in [3.8, 4) is 11.1 Å². The maximum atomic E-state index is 2.53. The van der Waals surface area contributed by atoms with Gasteiger partial charge in [0.15, 0.2) is 0 Å². The Balaban J connectivity index is 1.70. The highest BCUT2D eigenvalue weighted by molar-refractivity contribution is 5.89. The molecular weight excluding hydrogens is 372 g/mol. The van der Waals surface area contributed by atoms with Gasteiger partial charge in [-0.15, -0.1) is 0 Å². The lowest BCUT2D eigenvalue weighted by Crippen LogP contribution is -2.24. The predicted octanol–water partition coefficient (Wildman–Crippen LogP) is 8.35. The number of fused-ring (bicyclic) bond motifs is 8. The number of rotatable bonds is 2. The Hall–Kier alpha value is -2.86. The summed E-state index contributed by atoms with van der Waals surface area (Å²) in [5.41, 5.74) is 11.9. The topological polar surface area (TPSA) is 0 Å². The molecule has 0 nitrogen and oxygen atoms in total. The van der Waals surface area contributed by atoms with Gasteiger partial charge in [-0.05, 0) is 86.0 Å². The van der Waals surface area contributed by atoms with Gasteiger partial charge in [0.25, 0.3) is 0 Å². The van der Waals surface area contributed by atoms with Crippen LogP contribution in [0, 0.1) is 0 Å². The predicted molar refractivity (Wildman–Crippen MR) is 132 cm³/mol. The Morgan fingerprint density at radius 1 is 0.613 bits per heavy atom. The molecule has 1 spiro atoms. The minimum absolute atomic E-state index is 0.0141. The monoisotopic (exact) mass is 402 g/mol. The van der Waals surface area contributed by atoms with E-state index in [0.29, 0.717) is 11.8 Å². The highest BCUT2D eigenvalue weighted by atomic mass is 14.5. The fraction of sp³-hybridized carbons (Fsp3) is 0.290. The molecule has 0 aromatic heterocycles. The van der Waals surface area contributed by atoms with Crippen LogP contribution >= 0.6 is 0 Å². The third kappa shape index (κ3) is 2.54. The van der Waals surface area contributed by atoms with Gasteiger partial charge in [0.1, 0.15) is 0 Å². The van der Waals surface area contributed by atoms with Crippen molar-refractivity contribution in [2.45, 2.75) is 57.8 Å². The lowest BCUT2D eigenvalue weighted by Gasteiger charge is -2.30. The molecule has 0 amide bonds. The van der Waals surface area contributed by atoms with Crippen LogP contribution in [0.4, 0.5) is 0 Å². The normalized spacial score (nSPS) is 15.7. The Morgan fingerprint density at radius 2 is 1.16 bits per heavy atom. The fourth-order valence-electron chi connectivity index (χ4n) is 6.07. The summed E-state index contributed by atoms with van der Waals surface area (Å²) in [5, 5.41) is 2.72. The summed E-state index contributed by atoms with van der Waals surface area (Å²) in [5.74, 6) is 1.07. The van der Waals surface area contributed by atoms with Crippen LogP contribution in [0.2, 0.25) is 0 Å². The first kappa shape index (κ1) is 18.9. The molecule has 0 unspecified atom stereocenters. The van der Waals surface area contributed by atoms with Crippen molar-refractivity contribution in [3.05, 3.63) is 106 Å². The minimum atomic E-state index is -0.0141. The van der Waals surface area contributed by atoms with Crippen LogP contribution in [0.25, 0.3) is 21.9 Å². The summed E-state index contributed by atoms with van der Waals surface area (Å²) in [6.07, 6.45) is 2.32. The summed E-state index contributed by atoms with van der Waals surface area (Å²) >= 11 is 0. The van der Waals surface area contributed by atoms with Crippen molar-refractivity contribution in [2.75, 3.05) is 0 Å². The molecular formula is C31H30. The summed E-state index contributed by atoms with van der Waals surface area (Å²) in [7, 11) is 0. The Labute approximate surface area is 186 Å². The highest BCUT2D eigenvalue weighted by Crippen LogP contribution is 2.59. The van der Waals surface area contributed by atoms with E-state index in [9.17, 15) is 0 Å². The fourth-order valence-corrected chi connectivity index (χ4v) is 6.07. The number of hydrogen-bond acceptors (Lipinski definition) is 0. The Kier molecular flexibility index (Phi) is 4.00. The third-order valence-electron chi connectivity index (χ3n) is 7.83. The van der Waals surface area contributed by atoms with Gasteiger partial charge in [-0.3, -0.25) is 0 Å². The van der Waals surface area contributed by atoms with E-state index in [1.807, 2.05) is 0 Å². The van der Waals surface area contributed by atoms with Gasteiger partial charge in [-0.25, -0.2) is 0 Å². The molecule has 0 radical (unpaired) electrons. The maximum Gasteiger partial charge on any atom is 0.0469 e. The molecule has 0 bridgehead atoms. The molecule has 0 saturated carbocycles. The van der Waals surface area contributed by atoms with E-state index in [0.717, 1.165) is 6.42 Å². The largest absolute Gasteiger partial charge is 0.0616 e. The molecule has 0 saturated heterocycles. The Bertz CT molecular complexity index is 1280. The van der Waals surface area contributed by atoms with E-state index in [-0.39, 0.29) is 5.41 Å². The zero-order chi connectivity index (χ0) is 21.3. The van der Waals surface area contributed by atoms with Crippen molar-refractivity contribution >= 4 is 10.8 Å². The average Bonchev–Trinajstić information content (AvgIpc) is 3.28. The number of aryl methyl sites for hydroxylation is 1. The van der Waals surface area contributed by atoms with Crippen LogP contribution in [0.5, 0.6) is 0 Å². The molecule has 0 atom stereocenters. The first-order valence-electron chi connectivity index (χ1n) is 11.8. The molecule has 4 aromatic rings. The highest BCUT2D eigenvalue weighted by Gasteiger charge is 2.48. The molecule has 4 aromatic carbocycles. The van der Waals surface area contributed by atoms with E-state index in [1.165, 1.54) is 61.7 Å². The van der Waals surface area contributed by atoms with Crippen LogP contribution in [0.15, 0.2) is 72.8 Å². The molecule has 6 rings (SSSR count). The minimum Gasteiger partial charge on any atom is -0.0616 e. The zero-order valence-corrected chi connectivity index (χ0v) is 19.0. The average molecular weight is 403 g/mol. The Morgan fingerprint density at radius 3 is 1.71 bits per heavy atom. The molecule has 0 heterocycles. The van der Waals surface area contributed by atoms with Gasteiger partial charge >= 0.3 is 0 Å². The van der Waals surface area contributed by atoms with E-state index in [2.05, 4.69) is 100 Å². The lowest BCUT2D eigenvalue weighted by molar-refractivity contribution is 0.623. The molecule has 154 valence electrons. The van der Waals surface area contributed by atoms with E-state index in [1.54, 1.807) is 0 Å². The molecule has 0 fully saturated rings. The van der Waals surface area contributed by atoms with Crippen molar-refractivity contribution in [1.29, 1.82) is 0 Å². The summed E-state index contributed by atoms with van der Waals surface area (Å²) in [6, 6.07) is 28.3. The second kappa shape index (κ2) is 6.57. The molecule has 0 aliphatic heterocycles.